The molecule has 0 radical (unpaired) electrons. The Morgan fingerprint density at radius 2 is 1.80 bits per heavy atom. The van der Waals surface area contributed by atoms with Gasteiger partial charge in [0.15, 0.2) is 0 Å². The molecule has 0 aliphatic carbocycles. The van der Waals surface area contributed by atoms with E-state index in [-0.39, 0.29) is 5.91 Å². The lowest BCUT2D eigenvalue weighted by molar-refractivity contribution is -0.150. The summed E-state index contributed by atoms with van der Waals surface area (Å²) in [5.74, 6) is -1.31. The summed E-state index contributed by atoms with van der Waals surface area (Å²) in [7, 11) is 0. The van der Waals surface area contributed by atoms with E-state index in [0.717, 1.165) is 3.57 Å². The predicted molar refractivity (Wildman–Crippen MR) is 87.1 cm³/mol. The number of rotatable bonds is 4. The number of hydrogen-bond donors (Lipinski definition) is 2. The van der Waals surface area contributed by atoms with Crippen LogP contribution in [0.2, 0.25) is 5.02 Å². The van der Waals surface area contributed by atoms with Gasteiger partial charge >= 0.3 is 5.97 Å². The average molecular weight is 410 g/mol. The van der Waals surface area contributed by atoms with Crippen molar-refractivity contribution in [2.75, 3.05) is 0 Å². The number of carbonyl (C=O) groups is 2. The van der Waals surface area contributed by atoms with Gasteiger partial charge in [0.25, 0.3) is 5.91 Å². The number of carbonyl (C=O) groups excluding carboxylic acids is 1. The maximum atomic E-state index is 12.2. The molecule has 0 aliphatic heterocycles. The van der Waals surface area contributed by atoms with Gasteiger partial charge in [-0.3, -0.25) is 9.59 Å². The van der Waals surface area contributed by atoms with Gasteiger partial charge in [-0.05, 0) is 68.5 Å². The van der Waals surface area contributed by atoms with Gasteiger partial charge in [0.05, 0.1) is 16.0 Å². The van der Waals surface area contributed by atoms with Gasteiger partial charge in [-0.25, -0.2) is 0 Å². The molecule has 20 heavy (non-hydrogen) atoms. The van der Waals surface area contributed by atoms with Crippen LogP contribution in [0.4, 0.5) is 0 Å². The molecule has 0 saturated carbocycles. The van der Waals surface area contributed by atoms with E-state index in [1.54, 1.807) is 45.9 Å². The van der Waals surface area contributed by atoms with Crippen molar-refractivity contribution in [3.8, 4) is 0 Å². The van der Waals surface area contributed by atoms with Crippen molar-refractivity contribution < 1.29 is 14.7 Å². The third-order valence-corrected chi connectivity index (χ3v) is 5.28. The molecule has 0 bridgehead atoms. The van der Waals surface area contributed by atoms with Gasteiger partial charge in [-0.2, -0.15) is 0 Å². The normalized spacial score (nSPS) is 12.1. The Bertz CT molecular complexity index is 555. The van der Waals surface area contributed by atoms with Crippen LogP contribution in [0.15, 0.2) is 18.2 Å². The van der Waals surface area contributed by atoms with E-state index in [2.05, 4.69) is 27.9 Å². The zero-order valence-corrected chi connectivity index (χ0v) is 14.7. The van der Waals surface area contributed by atoms with Crippen molar-refractivity contribution >= 4 is 46.1 Å². The lowest BCUT2D eigenvalue weighted by atomic mass is 9.74. The van der Waals surface area contributed by atoms with E-state index in [0.29, 0.717) is 10.6 Å². The summed E-state index contributed by atoms with van der Waals surface area (Å²) in [5, 5.41) is 12.5. The monoisotopic (exact) mass is 409 g/mol. The van der Waals surface area contributed by atoms with Crippen molar-refractivity contribution in [3.05, 3.63) is 32.4 Å². The van der Waals surface area contributed by atoms with Gasteiger partial charge in [0.2, 0.25) is 0 Å². The number of nitrogens with one attached hydrogen (secondary N) is 1. The van der Waals surface area contributed by atoms with Crippen molar-refractivity contribution in [1.29, 1.82) is 0 Å². The summed E-state index contributed by atoms with van der Waals surface area (Å²) in [4.78, 5) is 23.5. The van der Waals surface area contributed by atoms with E-state index in [4.69, 9.17) is 11.6 Å². The summed E-state index contributed by atoms with van der Waals surface area (Å²) < 4.78 is 0.853. The van der Waals surface area contributed by atoms with Gasteiger partial charge in [-0.15, -0.1) is 0 Å². The van der Waals surface area contributed by atoms with E-state index >= 15 is 0 Å². The maximum absolute atomic E-state index is 12.2. The number of hydrogen-bond acceptors (Lipinski definition) is 2. The fourth-order valence-corrected chi connectivity index (χ4v) is 1.93. The third-order valence-electron chi connectivity index (χ3n) is 3.70. The van der Waals surface area contributed by atoms with E-state index in [1.807, 2.05) is 0 Å². The fourth-order valence-electron chi connectivity index (χ4n) is 1.42. The van der Waals surface area contributed by atoms with Crippen LogP contribution in [0.1, 0.15) is 38.1 Å². The number of amides is 1. The zero-order valence-electron chi connectivity index (χ0n) is 11.8. The SMILES string of the molecule is CC(C)(NC(=O)c1ccc(I)c(Cl)c1)C(C)(C)C(=O)O. The number of carboxylic acids is 1. The summed E-state index contributed by atoms with van der Waals surface area (Å²) in [6.07, 6.45) is 0. The molecule has 0 aromatic heterocycles. The molecule has 0 saturated heterocycles. The topological polar surface area (TPSA) is 66.4 Å². The van der Waals surface area contributed by atoms with Gasteiger partial charge in [-0.1, -0.05) is 11.6 Å². The highest BCUT2D eigenvalue weighted by Crippen LogP contribution is 2.31. The first-order chi connectivity index (χ1) is 8.99. The molecular formula is C14H17ClINO3. The molecule has 2 N–H and O–H groups in total. The smallest absolute Gasteiger partial charge is 0.311 e. The second-order valence-corrected chi connectivity index (χ2v) is 7.21. The lowest BCUT2D eigenvalue weighted by Crippen LogP contribution is -2.56. The number of carboxylic acid groups (broad SMARTS) is 1. The molecular weight excluding hydrogens is 393 g/mol. The minimum Gasteiger partial charge on any atom is -0.481 e. The summed E-state index contributed by atoms with van der Waals surface area (Å²) in [5.41, 5.74) is -1.61. The molecule has 1 rings (SSSR count). The highest BCUT2D eigenvalue weighted by molar-refractivity contribution is 14.1. The van der Waals surface area contributed by atoms with Crippen LogP contribution < -0.4 is 5.32 Å². The third kappa shape index (κ3) is 3.44. The maximum Gasteiger partial charge on any atom is 0.311 e. The zero-order chi connectivity index (χ0) is 15.7. The highest BCUT2D eigenvalue weighted by Gasteiger charge is 2.44. The second-order valence-electron chi connectivity index (χ2n) is 5.64. The highest BCUT2D eigenvalue weighted by atomic mass is 127. The first kappa shape index (κ1) is 17.2. The Balaban J connectivity index is 3.00. The van der Waals surface area contributed by atoms with Crippen molar-refractivity contribution in [1.82, 2.24) is 5.32 Å². The summed E-state index contributed by atoms with van der Waals surface area (Å²) in [6.45, 7) is 6.54. The molecule has 0 heterocycles. The number of aliphatic carboxylic acids is 1. The molecule has 1 aromatic rings. The molecule has 0 atom stereocenters. The van der Waals surface area contributed by atoms with Crippen molar-refractivity contribution in [2.45, 2.75) is 33.2 Å². The minimum absolute atomic E-state index is 0.345. The number of halogens is 2. The van der Waals surface area contributed by atoms with Gasteiger partial charge in [0.1, 0.15) is 0 Å². The molecule has 1 aromatic carbocycles. The van der Waals surface area contributed by atoms with Crippen LogP contribution in [0.3, 0.4) is 0 Å². The van der Waals surface area contributed by atoms with E-state index in [1.165, 1.54) is 0 Å². The molecule has 0 spiro atoms. The Kier molecular flexibility index (Phi) is 5.08. The van der Waals surface area contributed by atoms with Crippen molar-refractivity contribution in [2.24, 2.45) is 5.41 Å². The van der Waals surface area contributed by atoms with Crippen LogP contribution in [-0.4, -0.2) is 22.5 Å². The number of benzene rings is 1. The van der Waals surface area contributed by atoms with Crippen LogP contribution in [0.5, 0.6) is 0 Å². The minimum atomic E-state index is -1.10. The molecule has 0 aliphatic rings. The van der Waals surface area contributed by atoms with Crippen molar-refractivity contribution in [3.63, 3.8) is 0 Å². The standard InChI is InChI=1S/C14H17ClINO3/c1-13(2,12(19)20)14(3,4)17-11(18)8-5-6-10(16)9(15)7-8/h5-7H,1-4H3,(H,17,18)(H,19,20). The quantitative estimate of drug-likeness (QED) is 0.747. The van der Waals surface area contributed by atoms with E-state index < -0.39 is 16.9 Å². The first-order valence-electron chi connectivity index (χ1n) is 6.00. The lowest BCUT2D eigenvalue weighted by Gasteiger charge is -2.38. The Hall–Kier alpha value is -0.820. The average Bonchev–Trinajstić information content (AvgIpc) is 2.31. The molecule has 0 fully saturated rings. The van der Waals surface area contributed by atoms with Crippen LogP contribution in [-0.2, 0) is 4.79 Å². The van der Waals surface area contributed by atoms with Crippen LogP contribution in [0.25, 0.3) is 0 Å². The molecule has 110 valence electrons. The molecule has 6 heteroatoms. The van der Waals surface area contributed by atoms with Gasteiger partial charge in [0, 0.05) is 9.13 Å². The summed E-state index contributed by atoms with van der Waals surface area (Å²) in [6, 6.07) is 4.97. The summed E-state index contributed by atoms with van der Waals surface area (Å²) >= 11 is 8.06. The van der Waals surface area contributed by atoms with Crippen LogP contribution >= 0.6 is 34.2 Å². The van der Waals surface area contributed by atoms with E-state index in [9.17, 15) is 14.7 Å². The second kappa shape index (κ2) is 5.89. The molecule has 4 nitrogen and oxygen atoms in total. The first-order valence-corrected chi connectivity index (χ1v) is 7.45. The predicted octanol–water partition coefficient (Wildman–Crippen LogP) is 3.56. The van der Waals surface area contributed by atoms with Crippen LogP contribution in [0, 0.1) is 8.99 Å². The largest absolute Gasteiger partial charge is 0.481 e. The fraction of sp³-hybridized carbons (Fsp3) is 0.429. The van der Waals surface area contributed by atoms with Gasteiger partial charge < -0.3 is 10.4 Å². The Morgan fingerprint density at radius 3 is 2.25 bits per heavy atom. The molecule has 1 amide bonds. The molecule has 0 unspecified atom stereocenters. The Morgan fingerprint density at radius 1 is 1.25 bits per heavy atom. The Labute approximate surface area is 137 Å².